The standard InChI is InChI=1S/C39H70NO10P/c1-3-5-7-9-11-13-15-17-19-20-22-24-26-28-30-37(41)47-32-35(33-48-51(45,46)49-34-36(40)39(43)44)50-38(42)31-29-27-25-23-21-18-16-14-12-10-8-6-4-2/h6,8,10,12,14,16,35-36H,3-5,7,9,11,13,15,17-34,40H2,1-2H3,(H,43,44)(H,45,46)/b8-6+,12-10+,16-14+/t35?,36-/m0/s1. The molecule has 0 fully saturated rings. The summed E-state index contributed by atoms with van der Waals surface area (Å²) in [4.78, 5) is 45.8. The molecule has 0 radical (unpaired) electrons. The van der Waals surface area contributed by atoms with Crippen molar-refractivity contribution in [1.29, 1.82) is 0 Å². The van der Waals surface area contributed by atoms with E-state index in [-0.39, 0.29) is 19.4 Å². The Balaban J connectivity index is 4.44. The fourth-order valence-electron chi connectivity index (χ4n) is 5.12. The van der Waals surface area contributed by atoms with Crippen LogP contribution in [0.25, 0.3) is 0 Å². The van der Waals surface area contributed by atoms with E-state index in [0.717, 1.165) is 57.8 Å². The first kappa shape index (κ1) is 48.7. The Hall–Kier alpha value is -2.30. The van der Waals surface area contributed by atoms with Gasteiger partial charge in [0, 0.05) is 12.8 Å². The second-order valence-electron chi connectivity index (χ2n) is 13.1. The summed E-state index contributed by atoms with van der Waals surface area (Å²) in [5, 5.41) is 8.86. The van der Waals surface area contributed by atoms with Crippen molar-refractivity contribution in [3.63, 3.8) is 0 Å². The molecule has 2 unspecified atom stereocenters. The zero-order valence-corrected chi connectivity index (χ0v) is 32.6. The number of carbonyl (C=O) groups is 3. The smallest absolute Gasteiger partial charge is 0.472 e. The third kappa shape index (κ3) is 34.5. The maximum absolute atomic E-state index is 12.5. The van der Waals surface area contributed by atoms with E-state index in [2.05, 4.69) is 30.5 Å². The highest BCUT2D eigenvalue weighted by molar-refractivity contribution is 7.47. The van der Waals surface area contributed by atoms with Crippen LogP contribution in [0.5, 0.6) is 0 Å². The van der Waals surface area contributed by atoms with E-state index in [1.807, 2.05) is 24.3 Å². The molecule has 296 valence electrons. The zero-order valence-electron chi connectivity index (χ0n) is 31.7. The van der Waals surface area contributed by atoms with Gasteiger partial charge in [-0.1, -0.05) is 153 Å². The third-order valence-corrected chi connectivity index (χ3v) is 9.16. The second-order valence-corrected chi connectivity index (χ2v) is 14.6. The average molecular weight is 744 g/mol. The molecule has 0 saturated heterocycles. The Bertz CT molecular complexity index is 1020. The van der Waals surface area contributed by atoms with Crippen LogP contribution in [-0.4, -0.2) is 59.9 Å². The SMILES string of the molecule is CC/C=C/C=C/C=C/CCCCCCCC(=O)OC(COC(=O)CCCCCCCCCCCCCCCC)COP(=O)(O)OC[C@H](N)C(=O)O. The summed E-state index contributed by atoms with van der Waals surface area (Å²) in [6.45, 7) is 2.63. The summed E-state index contributed by atoms with van der Waals surface area (Å²) in [5.74, 6) is -2.40. The second kappa shape index (κ2) is 34.8. The van der Waals surface area contributed by atoms with Gasteiger partial charge >= 0.3 is 25.7 Å². The molecule has 0 aliphatic rings. The summed E-state index contributed by atoms with van der Waals surface area (Å²) in [5.41, 5.74) is 5.31. The molecule has 4 N–H and O–H groups in total. The number of carboxylic acid groups (broad SMARTS) is 1. The molecular weight excluding hydrogens is 673 g/mol. The minimum Gasteiger partial charge on any atom is -0.480 e. The van der Waals surface area contributed by atoms with Crippen molar-refractivity contribution < 1.29 is 47.5 Å². The van der Waals surface area contributed by atoms with Gasteiger partial charge < -0.3 is 25.2 Å². The molecule has 0 rings (SSSR count). The minimum atomic E-state index is -4.71. The number of unbranched alkanes of at least 4 members (excludes halogenated alkanes) is 18. The quantitative estimate of drug-likeness (QED) is 0.0241. The first-order chi connectivity index (χ1) is 24.6. The van der Waals surface area contributed by atoms with Crippen LogP contribution in [0.2, 0.25) is 0 Å². The van der Waals surface area contributed by atoms with Crippen LogP contribution in [0.4, 0.5) is 0 Å². The van der Waals surface area contributed by atoms with Crippen molar-refractivity contribution in [2.45, 2.75) is 174 Å². The first-order valence-electron chi connectivity index (χ1n) is 19.5. The molecule has 0 spiro atoms. The third-order valence-electron chi connectivity index (χ3n) is 8.21. The molecule has 0 aliphatic carbocycles. The summed E-state index contributed by atoms with van der Waals surface area (Å²) in [7, 11) is -4.71. The molecule has 0 aromatic rings. The molecule has 0 heterocycles. The maximum atomic E-state index is 12.5. The van der Waals surface area contributed by atoms with Crippen LogP contribution in [0.3, 0.4) is 0 Å². The summed E-state index contributed by atoms with van der Waals surface area (Å²) >= 11 is 0. The lowest BCUT2D eigenvalue weighted by Gasteiger charge is -2.20. The fourth-order valence-corrected chi connectivity index (χ4v) is 5.90. The predicted molar refractivity (Wildman–Crippen MR) is 203 cm³/mol. The van der Waals surface area contributed by atoms with Gasteiger partial charge in [0.25, 0.3) is 0 Å². The topological polar surface area (TPSA) is 172 Å². The molecule has 0 aromatic heterocycles. The molecule has 11 nitrogen and oxygen atoms in total. The minimum absolute atomic E-state index is 0.139. The van der Waals surface area contributed by atoms with Gasteiger partial charge in [0.1, 0.15) is 12.6 Å². The molecule has 0 aliphatic heterocycles. The Morgan fingerprint density at radius 2 is 1.10 bits per heavy atom. The number of hydrogen-bond donors (Lipinski definition) is 3. The Morgan fingerprint density at radius 3 is 1.63 bits per heavy atom. The lowest BCUT2D eigenvalue weighted by molar-refractivity contribution is -0.161. The van der Waals surface area contributed by atoms with Crippen molar-refractivity contribution in [2.75, 3.05) is 19.8 Å². The molecule has 0 bridgehead atoms. The van der Waals surface area contributed by atoms with Crippen molar-refractivity contribution in [1.82, 2.24) is 0 Å². The molecule has 3 atom stereocenters. The molecule has 0 aromatic carbocycles. The van der Waals surface area contributed by atoms with Crippen LogP contribution >= 0.6 is 7.82 Å². The van der Waals surface area contributed by atoms with Gasteiger partial charge in [-0.15, -0.1) is 0 Å². The summed E-state index contributed by atoms with van der Waals surface area (Å²) in [6.07, 6.45) is 35.0. The molecule has 12 heteroatoms. The largest absolute Gasteiger partial charge is 0.480 e. The van der Waals surface area contributed by atoms with Crippen LogP contribution in [0.1, 0.15) is 162 Å². The van der Waals surface area contributed by atoms with Crippen molar-refractivity contribution in [3.8, 4) is 0 Å². The van der Waals surface area contributed by atoms with Crippen molar-refractivity contribution >= 4 is 25.7 Å². The number of nitrogens with two attached hydrogens (primary N) is 1. The van der Waals surface area contributed by atoms with E-state index >= 15 is 0 Å². The van der Waals surface area contributed by atoms with Gasteiger partial charge in [-0.2, -0.15) is 0 Å². The Kier molecular flexibility index (Phi) is 33.2. The van der Waals surface area contributed by atoms with Crippen LogP contribution in [-0.2, 0) is 37.5 Å². The monoisotopic (exact) mass is 743 g/mol. The lowest BCUT2D eigenvalue weighted by Crippen LogP contribution is -2.34. The number of phosphoric acid groups is 1. The number of hydrogen-bond acceptors (Lipinski definition) is 9. The summed E-state index contributed by atoms with van der Waals surface area (Å²) < 4.78 is 32.6. The predicted octanol–water partition coefficient (Wildman–Crippen LogP) is 9.67. The van der Waals surface area contributed by atoms with Gasteiger partial charge in [-0.05, 0) is 32.1 Å². The maximum Gasteiger partial charge on any atom is 0.472 e. The molecular formula is C39H70NO10P. The average Bonchev–Trinajstić information content (AvgIpc) is 3.10. The van der Waals surface area contributed by atoms with Gasteiger partial charge in [-0.25, -0.2) is 4.57 Å². The van der Waals surface area contributed by atoms with Crippen molar-refractivity contribution in [3.05, 3.63) is 36.5 Å². The normalized spacial score (nSPS) is 14.3. The molecule has 0 saturated carbocycles. The number of rotatable bonds is 36. The number of ether oxygens (including phenoxy) is 2. The van der Waals surface area contributed by atoms with E-state index in [1.165, 1.54) is 64.2 Å². The van der Waals surface area contributed by atoms with Crippen LogP contribution < -0.4 is 5.73 Å². The number of esters is 2. The highest BCUT2D eigenvalue weighted by Gasteiger charge is 2.28. The van der Waals surface area contributed by atoms with Gasteiger partial charge in [0.2, 0.25) is 0 Å². The van der Waals surface area contributed by atoms with E-state index in [0.29, 0.717) is 12.8 Å². The van der Waals surface area contributed by atoms with Crippen LogP contribution in [0.15, 0.2) is 36.5 Å². The summed E-state index contributed by atoms with van der Waals surface area (Å²) in [6, 6.07) is -1.52. The van der Waals surface area contributed by atoms with E-state index in [9.17, 15) is 23.8 Å². The van der Waals surface area contributed by atoms with Crippen LogP contribution in [0, 0.1) is 0 Å². The van der Waals surface area contributed by atoms with Gasteiger partial charge in [0.05, 0.1) is 13.2 Å². The lowest BCUT2D eigenvalue weighted by atomic mass is 10.0. The number of allylic oxidation sites excluding steroid dienone is 6. The highest BCUT2D eigenvalue weighted by atomic mass is 31.2. The van der Waals surface area contributed by atoms with E-state index < -0.39 is 51.1 Å². The number of carbonyl (C=O) groups excluding carboxylic acids is 2. The van der Waals surface area contributed by atoms with Gasteiger partial charge in [0.15, 0.2) is 6.10 Å². The van der Waals surface area contributed by atoms with Gasteiger partial charge in [-0.3, -0.25) is 23.4 Å². The number of aliphatic carboxylic acids is 1. The highest BCUT2D eigenvalue weighted by Crippen LogP contribution is 2.43. The van der Waals surface area contributed by atoms with E-state index in [1.54, 1.807) is 0 Å². The number of phosphoric ester groups is 1. The fraction of sp³-hybridized carbons (Fsp3) is 0.769. The molecule has 0 amide bonds. The molecule has 51 heavy (non-hydrogen) atoms. The van der Waals surface area contributed by atoms with E-state index in [4.69, 9.17) is 24.8 Å². The Morgan fingerprint density at radius 1 is 0.627 bits per heavy atom. The number of carboxylic acids is 1. The zero-order chi connectivity index (χ0) is 37.8. The first-order valence-corrected chi connectivity index (χ1v) is 21.0. The van der Waals surface area contributed by atoms with Crippen molar-refractivity contribution in [2.24, 2.45) is 5.73 Å². The Labute approximate surface area is 308 Å².